The van der Waals surface area contributed by atoms with Crippen LogP contribution in [0.15, 0.2) is 53.3 Å². The summed E-state index contributed by atoms with van der Waals surface area (Å²) in [5.74, 6) is 0.596. The first-order chi connectivity index (χ1) is 11.6. The van der Waals surface area contributed by atoms with Gasteiger partial charge in [-0.2, -0.15) is 9.50 Å². The van der Waals surface area contributed by atoms with Gasteiger partial charge in [0.05, 0.1) is 4.53 Å². The summed E-state index contributed by atoms with van der Waals surface area (Å²) in [4.78, 5) is 17.7. The van der Waals surface area contributed by atoms with Crippen molar-refractivity contribution in [3.05, 3.63) is 80.1 Å². The van der Waals surface area contributed by atoms with Gasteiger partial charge in [-0.3, -0.25) is 4.79 Å². The normalized spacial score (nSPS) is 12.2. The van der Waals surface area contributed by atoms with Gasteiger partial charge in [-0.25, -0.2) is 0 Å². The zero-order chi connectivity index (χ0) is 16.7. The Morgan fingerprint density at radius 3 is 2.67 bits per heavy atom. The number of rotatable bonds is 2. The van der Waals surface area contributed by atoms with Crippen molar-refractivity contribution in [2.24, 2.45) is 0 Å². The molecule has 0 aliphatic carbocycles. The van der Waals surface area contributed by atoms with Crippen molar-refractivity contribution in [3.8, 4) is 11.4 Å². The topological polar surface area (TPSA) is 47.3 Å². The quantitative estimate of drug-likeness (QED) is 0.566. The summed E-state index contributed by atoms with van der Waals surface area (Å²) in [6.07, 6.45) is 1.89. The third kappa shape index (κ3) is 2.53. The van der Waals surface area contributed by atoms with Crippen LogP contribution in [-0.4, -0.2) is 14.6 Å². The number of fused-ring (bicyclic) bond motifs is 1. The number of aromatic nitrogens is 3. The molecule has 118 valence electrons. The van der Waals surface area contributed by atoms with E-state index in [9.17, 15) is 4.79 Å². The molecule has 2 aromatic heterocycles. The molecule has 0 saturated carbocycles. The van der Waals surface area contributed by atoms with E-state index in [2.05, 4.69) is 10.1 Å². The molecule has 2 aromatic carbocycles. The molecule has 0 spiro atoms. The zero-order valence-corrected chi connectivity index (χ0v) is 14.2. The van der Waals surface area contributed by atoms with Gasteiger partial charge in [-0.1, -0.05) is 65.4 Å². The number of thiazole rings is 1. The summed E-state index contributed by atoms with van der Waals surface area (Å²) in [5, 5.41) is 4.41. The van der Waals surface area contributed by atoms with Gasteiger partial charge < -0.3 is 0 Å². The standard InChI is InChI=1S/C19H15N3OS/c1-12-6-5-8-14(10-12)11-16-18(23)22-19(24-16)20-17(21-22)15-9-4-3-7-13(15)2/h3-11H,1-2H3/b16-11+. The second-order valence-corrected chi connectivity index (χ2v) is 6.78. The second kappa shape index (κ2) is 5.69. The van der Waals surface area contributed by atoms with Gasteiger partial charge in [0.25, 0.3) is 5.56 Å². The summed E-state index contributed by atoms with van der Waals surface area (Å²) in [5.41, 5.74) is 4.10. The van der Waals surface area contributed by atoms with Gasteiger partial charge in [-0.15, -0.1) is 5.10 Å². The summed E-state index contributed by atoms with van der Waals surface area (Å²) in [7, 11) is 0. The van der Waals surface area contributed by atoms with Crippen molar-refractivity contribution in [1.29, 1.82) is 0 Å². The fourth-order valence-corrected chi connectivity index (χ4v) is 3.59. The number of nitrogens with zero attached hydrogens (tertiary/aromatic N) is 3. The van der Waals surface area contributed by atoms with Crippen molar-refractivity contribution in [1.82, 2.24) is 14.6 Å². The number of benzene rings is 2. The molecule has 0 saturated heterocycles. The number of aryl methyl sites for hydroxylation is 2. The van der Waals surface area contributed by atoms with Crippen molar-refractivity contribution < 1.29 is 0 Å². The highest BCUT2D eigenvalue weighted by molar-refractivity contribution is 7.15. The molecule has 5 heteroatoms. The summed E-state index contributed by atoms with van der Waals surface area (Å²) in [6.45, 7) is 4.05. The van der Waals surface area contributed by atoms with E-state index in [1.807, 2.05) is 68.5 Å². The van der Waals surface area contributed by atoms with Crippen molar-refractivity contribution in [3.63, 3.8) is 0 Å². The molecule has 0 aliphatic heterocycles. The predicted octanol–water partition coefficient (Wildman–Crippen LogP) is 2.98. The van der Waals surface area contributed by atoms with E-state index in [0.717, 1.165) is 22.3 Å². The molecule has 0 unspecified atom stereocenters. The van der Waals surface area contributed by atoms with Crippen molar-refractivity contribution >= 4 is 22.4 Å². The first-order valence-corrected chi connectivity index (χ1v) is 8.47. The lowest BCUT2D eigenvalue weighted by Crippen LogP contribution is -2.23. The number of hydrogen-bond acceptors (Lipinski definition) is 4. The Morgan fingerprint density at radius 1 is 1.08 bits per heavy atom. The number of hydrogen-bond donors (Lipinski definition) is 0. The smallest absolute Gasteiger partial charge is 0.266 e. The van der Waals surface area contributed by atoms with Gasteiger partial charge in [-0.05, 0) is 31.1 Å². The zero-order valence-electron chi connectivity index (χ0n) is 13.4. The maximum Gasteiger partial charge on any atom is 0.291 e. The molecule has 4 aromatic rings. The highest BCUT2D eigenvalue weighted by atomic mass is 32.1. The molecule has 0 atom stereocenters. The van der Waals surface area contributed by atoms with Crippen LogP contribution in [0.2, 0.25) is 0 Å². The lowest BCUT2D eigenvalue weighted by molar-refractivity contribution is 0.936. The second-order valence-electron chi connectivity index (χ2n) is 5.77. The summed E-state index contributed by atoms with van der Waals surface area (Å²) < 4.78 is 2.04. The maximum absolute atomic E-state index is 12.6. The lowest BCUT2D eigenvalue weighted by atomic mass is 10.1. The van der Waals surface area contributed by atoms with Crippen LogP contribution >= 0.6 is 11.3 Å². The average Bonchev–Trinajstić information content (AvgIpc) is 3.08. The van der Waals surface area contributed by atoms with Gasteiger partial charge in [0.2, 0.25) is 4.96 Å². The molecule has 0 amide bonds. The largest absolute Gasteiger partial charge is 0.291 e. The minimum Gasteiger partial charge on any atom is -0.266 e. The van der Waals surface area contributed by atoms with E-state index in [1.54, 1.807) is 0 Å². The molecule has 4 nitrogen and oxygen atoms in total. The monoisotopic (exact) mass is 333 g/mol. The Bertz CT molecular complexity index is 1160. The van der Waals surface area contributed by atoms with E-state index < -0.39 is 0 Å². The Kier molecular flexibility index (Phi) is 3.50. The maximum atomic E-state index is 12.6. The fourth-order valence-electron chi connectivity index (χ4n) is 2.68. The van der Waals surface area contributed by atoms with Crippen LogP contribution in [0.25, 0.3) is 22.4 Å². The predicted molar refractivity (Wildman–Crippen MR) is 97.3 cm³/mol. The third-order valence-electron chi connectivity index (χ3n) is 3.91. The van der Waals surface area contributed by atoms with Crippen LogP contribution in [0.5, 0.6) is 0 Å². The Labute approximate surface area is 142 Å². The SMILES string of the molecule is Cc1cccc(/C=c2/sc3nc(-c4ccccc4C)nn3c2=O)c1. The van der Waals surface area contributed by atoms with Gasteiger partial charge in [0, 0.05) is 5.56 Å². The van der Waals surface area contributed by atoms with Gasteiger partial charge in [0.15, 0.2) is 5.82 Å². The van der Waals surface area contributed by atoms with Crippen LogP contribution in [-0.2, 0) is 0 Å². The first-order valence-electron chi connectivity index (χ1n) is 7.66. The summed E-state index contributed by atoms with van der Waals surface area (Å²) >= 11 is 1.37. The van der Waals surface area contributed by atoms with E-state index in [1.165, 1.54) is 15.9 Å². The molecule has 0 N–H and O–H groups in total. The van der Waals surface area contributed by atoms with Gasteiger partial charge >= 0.3 is 0 Å². The minimum absolute atomic E-state index is 0.121. The molecular weight excluding hydrogens is 318 g/mol. The molecule has 24 heavy (non-hydrogen) atoms. The Balaban J connectivity index is 1.85. The van der Waals surface area contributed by atoms with E-state index in [4.69, 9.17) is 0 Å². The van der Waals surface area contributed by atoms with Crippen LogP contribution < -0.4 is 10.1 Å². The molecule has 0 bridgehead atoms. The average molecular weight is 333 g/mol. The van der Waals surface area contributed by atoms with Crippen molar-refractivity contribution in [2.75, 3.05) is 0 Å². The van der Waals surface area contributed by atoms with Crippen LogP contribution in [0.4, 0.5) is 0 Å². The van der Waals surface area contributed by atoms with Crippen LogP contribution in [0.3, 0.4) is 0 Å². The van der Waals surface area contributed by atoms with E-state index >= 15 is 0 Å². The third-order valence-corrected chi connectivity index (χ3v) is 4.87. The first kappa shape index (κ1) is 14.8. The van der Waals surface area contributed by atoms with Gasteiger partial charge in [0.1, 0.15) is 0 Å². The Morgan fingerprint density at radius 2 is 1.92 bits per heavy atom. The van der Waals surface area contributed by atoms with Crippen LogP contribution in [0.1, 0.15) is 16.7 Å². The fraction of sp³-hybridized carbons (Fsp3) is 0.105. The molecule has 2 heterocycles. The minimum atomic E-state index is -0.121. The molecule has 0 fully saturated rings. The Hall–Kier alpha value is -2.79. The van der Waals surface area contributed by atoms with Crippen LogP contribution in [0, 0.1) is 13.8 Å². The van der Waals surface area contributed by atoms with E-state index in [0.29, 0.717) is 15.3 Å². The molecular formula is C19H15N3OS. The summed E-state index contributed by atoms with van der Waals surface area (Å²) in [6, 6.07) is 16.0. The highest BCUT2D eigenvalue weighted by Gasteiger charge is 2.13. The molecule has 0 aliphatic rings. The van der Waals surface area contributed by atoms with Crippen molar-refractivity contribution in [2.45, 2.75) is 13.8 Å². The molecule has 4 rings (SSSR count). The van der Waals surface area contributed by atoms with E-state index in [-0.39, 0.29) is 5.56 Å². The molecule has 0 radical (unpaired) electrons. The lowest BCUT2D eigenvalue weighted by Gasteiger charge is -1.98. The highest BCUT2D eigenvalue weighted by Crippen LogP contribution is 2.20.